The molecule has 0 heterocycles. The molecule has 0 aromatic rings. The first-order valence-corrected chi connectivity index (χ1v) is 8.98. The third-order valence-corrected chi connectivity index (χ3v) is 4.95. The first kappa shape index (κ1) is 17.8. The number of hydrogen-bond acceptors (Lipinski definition) is 1. The number of alkyl halides is 1. The molecule has 1 saturated carbocycles. The quantitative estimate of drug-likeness (QED) is 0.644. The van der Waals surface area contributed by atoms with Gasteiger partial charge in [-0.15, -0.1) is 11.6 Å². The SMILES string of the molecule is CCCCC1CCC(C(=O)NC(CCCl)C(C)C)CC1. The summed E-state index contributed by atoms with van der Waals surface area (Å²) >= 11 is 5.83. The van der Waals surface area contributed by atoms with Crippen molar-refractivity contribution >= 4 is 17.5 Å². The van der Waals surface area contributed by atoms with Gasteiger partial charge in [0.25, 0.3) is 0 Å². The average Bonchev–Trinajstić information content (AvgIpc) is 2.45. The number of halogens is 1. The fourth-order valence-corrected chi connectivity index (χ4v) is 3.43. The lowest BCUT2D eigenvalue weighted by atomic mass is 9.79. The molecule has 1 N–H and O–H groups in total. The van der Waals surface area contributed by atoms with Gasteiger partial charge >= 0.3 is 0 Å². The second kappa shape index (κ2) is 9.65. The summed E-state index contributed by atoms with van der Waals surface area (Å²) in [5, 5.41) is 3.22. The highest BCUT2D eigenvalue weighted by molar-refractivity contribution is 6.17. The Labute approximate surface area is 130 Å². The summed E-state index contributed by atoms with van der Waals surface area (Å²) in [4.78, 5) is 12.4. The predicted molar refractivity (Wildman–Crippen MR) is 87.1 cm³/mol. The van der Waals surface area contributed by atoms with Crippen molar-refractivity contribution in [3.05, 3.63) is 0 Å². The van der Waals surface area contributed by atoms with Gasteiger partial charge < -0.3 is 5.32 Å². The van der Waals surface area contributed by atoms with Crippen molar-refractivity contribution in [3.63, 3.8) is 0 Å². The van der Waals surface area contributed by atoms with Crippen molar-refractivity contribution in [1.82, 2.24) is 5.32 Å². The van der Waals surface area contributed by atoms with Gasteiger partial charge in [0, 0.05) is 17.8 Å². The van der Waals surface area contributed by atoms with E-state index in [1.165, 1.54) is 32.1 Å². The summed E-state index contributed by atoms with van der Waals surface area (Å²) in [7, 11) is 0. The molecule has 1 unspecified atom stereocenters. The molecule has 0 saturated heterocycles. The van der Waals surface area contributed by atoms with Crippen LogP contribution in [-0.2, 0) is 4.79 Å². The normalized spacial score (nSPS) is 24.6. The summed E-state index contributed by atoms with van der Waals surface area (Å²) in [6.07, 6.45) is 9.47. The van der Waals surface area contributed by atoms with Gasteiger partial charge in [-0.3, -0.25) is 4.79 Å². The summed E-state index contributed by atoms with van der Waals surface area (Å²) in [6.45, 7) is 6.56. The molecule has 2 nitrogen and oxygen atoms in total. The number of nitrogens with one attached hydrogen (secondary N) is 1. The zero-order valence-corrected chi connectivity index (χ0v) is 14.2. The summed E-state index contributed by atoms with van der Waals surface area (Å²) < 4.78 is 0. The molecule has 0 bridgehead atoms. The minimum Gasteiger partial charge on any atom is -0.353 e. The Bertz CT molecular complexity index is 272. The molecule has 1 amide bonds. The van der Waals surface area contributed by atoms with Gasteiger partial charge in [-0.2, -0.15) is 0 Å². The number of carbonyl (C=O) groups excluding carboxylic acids is 1. The van der Waals surface area contributed by atoms with Crippen LogP contribution in [0.1, 0.15) is 72.1 Å². The van der Waals surface area contributed by atoms with Gasteiger partial charge in [0.15, 0.2) is 0 Å². The van der Waals surface area contributed by atoms with Crippen LogP contribution in [0.2, 0.25) is 0 Å². The number of carbonyl (C=O) groups is 1. The van der Waals surface area contributed by atoms with E-state index in [0.717, 1.165) is 25.2 Å². The van der Waals surface area contributed by atoms with E-state index in [0.29, 0.717) is 11.8 Å². The molecule has 0 aromatic heterocycles. The van der Waals surface area contributed by atoms with Gasteiger partial charge in [-0.05, 0) is 43.9 Å². The van der Waals surface area contributed by atoms with E-state index in [-0.39, 0.29) is 17.9 Å². The minimum atomic E-state index is 0.234. The number of amides is 1. The van der Waals surface area contributed by atoms with Crippen LogP contribution < -0.4 is 5.32 Å². The Morgan fingerprint density at radius 1 is 1.25 bits per heavy atom. The Kier molecular flexibility index (Phi) is 8.60. The van der Waals surface area contributed by atoms with Gasteiger partial charge in [-0.1, -0.05) is 40.0 Å². The van der Waals surface area contributed by atoms with E-state index >= 15 is 0 Å². The van der Waals surface area contributed by atoms with Crippen molar-refractivity contribution < 1.29 is 4.79 Å². The Morgan fingerprint density at radius 3 is 2.40 bits per heavy atom. The summed E-state index contributed by atoms with van der Waals surface area (Å²) in [5.74, 6) is 2.45. The molecule has 1 aliphatic rings. The van der Waals surface area contributed by atoms with Crippen molar-refractivity contribution in [2.75, 3.05) is 5.88 Å². The molecular weight excluding hydrogens is 270 g/mol. The number of rotatable bonds is 8. The van der Waals surface area contributed by atoms with Gasteiger partial charge in [0.1, 0.15) is 0 Å². The smallest absolute Gasteiger partial charge is 0.223 e. The molecule has 118 valence electrons. The zero-order valence-electron chi connectivity index (χ0n) is 13.5. The van der Waals surface area contributed by atoms with E-state index in [2.05, 4.69) is 26.1 Å². The van der Waals surface area contributed by atoms with E-state index in [4.69, 9.17) is 11.6 Å². The van der Waals surface area contributed by atoms with Crippen LogP contribution in [0, 0.1) is 17.8 Å². The topological polar surface area (TPSA) is 29.1 Å². The van der Waals surface area contributed by atoms with E-state index in [9.17, 15) is 4.79 Å². The Balaban J connectivity index is 2.34. The van der Waals surface area contributed by atoms with Crippen LogP contribution >= 0.6 is 11.6 Å². The molecule has 1 atom stereocenters. The summed E-state index contributed by atoms with van der Waals surface area (Å²) in [5.41, 5.74) is 0. The van der Waals surface area contributed by atoms with E-state index in [1.54, 1.807) is 0 Å². The summed E-state index contributed by atoms with van der Waals surface area (Å²) in [6, 6.07) is 0.234. The maximum absolute atomic E-state index is 12.4. The zero-order chi connectivity index (χ0) is 15.0. The molecule has 1 aliphatic carbocycles. The molecular formula is C17H32ClNO. The van der Waals surface area contributed by atoms with Crippen LogP contribution in [0.4, 0.5) is 0 Å². The van der Waals surface area contributed by atoms with Crippen molar-refractivity contribution in [2.24, 2.45) is 17.8 Å². The lowest BCUT2D eigenvalue weighted by Gasteiger charge is -2.30. The highest BCUT2D eigenvalue weighted by Crippen LogP contribution is 2.32. The van der Waals surface area contributed by atoms with Crippen LogP contribution in [0.15, 0.2) is 0 Å². The molecule has 1 rings (SSSR count). The lowest BCUT2D eigenvalue weighted by molar-refractivity contribution is -0.127. The Hall–Kier alpha value is -0.240. The molecule has 0 aromatic carbocycles. The van der Waals surface area contributed by atoms with Crippen LogP contribution in [-0.4, -0.2) is 17.8 Å². The monoisotopic (exact) mass is 301 g/mol. The molecule has 3 heteroatoms. The number of hydrogen-bond donors (Lipinski definition) is 1. The molecule has 20 heavy (non-hydrogen) atoms. The standard InChI is InChI=1S/C17H32ClNO/c1-4-5-6-14-7-9-15(10-8-14)17(20)19-16(11-12-18)13(2)3/h13-16H,4-12H2,1-3H3,(H,19,20). The maximum atomic E-state index is 12.4. The van der Waals surface area contributed by atoms with Gasteiger partial charge in [0.2, 0.25) is 5.91 Å². The fraction of sp³-hybridized carbons (Fsp3) is 0.941. The minimum absolute atomic E-state index is 0.234. The fourth-order valence-electron chi connectivity index (χ4n) is 3.20. The predicted octanol–water partition coefficient (Wildman–Crippen LogP) is 4.75. The van der Waals surface area contributed by atoms with Crippen molar-refractivity contribution in [1.29, 1.82) is 0 Å². The van der Waals surface area contributed by atoms with Crippen molar-refractivity contribution in [2.45, 2.75) is 78.2 Å². The second-order valence-electron chi connectivity index (χ2n) is 6.70. The van der Waals surface area contributed by atoms with Gasteiger partial charge in [-0.25, -0.2) is 0 Å². The lowest BCUT2D eigenvalue weighted by Crippen LogP contribution is -2.43. The average molecular weight is 302 g/mol. The third kappa shape index (κ3) is 6.03. The first-order chi connectivity index (χ1) is 9.58. The van der Waals surface area contributed by atoms with Gasteiger partial charge in [0.05, 0.1) is 0 Å². The number of unbranched alkanes of at least 4 members (excludes halogenated alkanes) is 1. The highest BCUT2D eigenvalue weighted by atomic mass is 35.5. The molecule has 1 fully saturated rings. The highest BCUT2D eigenvalue weighted by Gasteiger charge is 2.27. The maximum Gasteiger partial charge on any atom is 0.223 e. The van der Waals surface area contributed by atoms with Crippen LogP contribution in [0.25, 0.3) is 0 Å². The molecule has 0 spiro atoms. The van der Waals surface area contributed by atoms with E-state index < -0.39 is 0 Å². The van der Waals surface area contributed by atoms with E-state index in [1.807, 2.05) is 0 Å². The van der Waals surface area contributed by atoms with Crippen molar-refractivity contribution in [3.8, 4) is 0 Å². The molecule has 0 radical (unpaired) electrons. The van der Waals surface area contributed by atoms with Crippen LogP contribution in [0.3, 0.4) is 0 Å². The second-order valence-corrected chi connectivity index (χ2v) is 7.07. The largest absolute Gasteiger partial charge is 0.353 e. The third-order valence-electron chi connectivity index (χ3n) is 4.74. The Morgan fingerprint density at radius 2 is 1.90 bits per heavy atom. The van der Waals surface area contributed by atoms with Crippen LogP contribution in [0.5, 0.6) is 0 Å². The first-order valence-electron chi connectivity index (χ1n) is 8.44. The molecule has 0 aliphatic heterocycles.